The van der Waals surface area contributed by atoms with Gasteiger partial charge in [-0.2, -0.15) is 0 Å². The molecule has 1 heterocycles. The zero-order valence-corrected chi connectivity index (χ0v) is 12.2. The highest BCUT2D eigenvalue weighted by molar-refractivity contribution is 5.76. The van der Waals surface area contributed by atoms with E-state index in [1.807, 2.05) is 0 Å². The minimum absolute atomic E-state index is 0.133. The van der Waals surface area contributed by atoms with E-state index in [4.69, 9.17) is 9.47 Å². The van der Waals surface area contributed by atoms with Crippen LogP contribution in [0, 0.1) is 11.8 Å². The fraction of sp³-hybridized carbons (Fsp3) is 0.929. The molecule has 0 saturated carbocycles. The van der Waals surface area contributed by atoms with E-state index in [-0.39, 0.29) is 5.91 Å². The summed E-state index contributed by atoms with van der Waals surface area (Å²) in [6.45, 7) is 6.65. The van der Waals surface area contributed by atoms with Gasteiger partial charge in [-0.3, -0.25) is 4.79 Å². The summed E-state index contributed by atoms with van der Waals surface area (Å²) in [6.07, 6.45) is 3.08. The first kappa shape index (κ1) is 16.4. The lowest BCUT2D eigenvalue weighted by molar-refractivity contribution is -0.122. The number of methoxy groups -OCH3 is 1. The lowest BCUT2D eigenvalue weighted by atomic mass is 9.85. The maximum Gasteiger partial charge on any atom is 0.220 e. The molecule has 0 aromatic rings. The van der Waals surface area contributed by atoms with Crippen LogP contribution in [-0.4, -0.2) is 52.5 Å². The number of ether oxygens (including phenoxy) is 2. The van der Waals surface area contributed by atoms with Crippen LogP contribution in [-0.2, 0) is 14.3 Å². The van der Waals surface area contributed by atoms with Crippen molar-refractivity contribution in [1.29, 1.82) is 0 Å². The molecule has 2 atom stereocenters. The first-order valence-electron chi connectivity index (χ1n) is 7.28. The predicted octanol–water partition coefficient (Wildman–Crippen LogP) is 0.791. The average Bonchev–Trinajstić information content (AvgIpc) is 2.43. The highest BCUT2D eigenvalue weighted by Gasteiger charge is 2.21. The van der Waals surface area contributed by atoms with Crippen LogP contribution in [0.5, 0.6) is 0 Å². The number of rotatable bonds is 9. The van der Waals surface area contributed by atoms with E-state index in [9.17, 15) is 4.79 Å². The summed E-state index contributed by atoms with van der Waals surface area (Å²) >= 11 is 0. The van der Waals surface area contributed by atoms with E-state index in [2.05, 4.69) is 17.6 Å². The summed E-state index contributed by atoms with van der Waals surface area (Å²) in [6, 6.07) is 0. The highest BCUT2D eigenvalue weighted by Crippen LogP contribution is 2.22. The number of piperidine rings is 1. The first-order valence-corrected chi connectivity index (χ1v) is 7.28. The van der Waals surface area contributed by atoms with E-state index in [0.29, 0.717) is 44.6 Å². The number of carbonyl (C=O) groups excluding carboxylic acids is 1. The first-order chi connectivity index (χ1) is 9.24. The molecule has 0 spiro atoms. The topological polar surface area (TPSA) is 59.6 Å². The molecule has 0 bridgehead atoms. The molecule has 1 fully saturated rings. The van der Waals surface area contributed by atoms with Gasteiger partial charge in [0.15, 0.2) is 0 Å². The van der Waals surface area contributed by atoms with Crippen molar-refractivity contribution in [3.05, 3.63) is 0 Å². The van der Waals surface area contributed by atoms with Crippen LogP contribution in [0.3, 0.4) is 0 Å². The summed E-state index contributed by atoms with van der Waals surface area (Å²) in [5.41, 5.74) is 0. The molecule has 1 aliphatic heterocycles. The molecule has 19 heavy (non-hydrogen) atoms. The van der Waals surface area contributed by atoms with Crippen molar-refractivity contribution in [2.45, 2.75) is 26.2 Å². The molecular weight excluding hydrogens is 244 g/mol. The van der Waals surface area contributed by atoms with Gasteiger partial charge in [0.1, 0.15) is 0 Å². The maximum atomic E-state index is 11.8. The highest BCUT2D eigenvalue weighted by atomic mass is 16.5. The number of amides is 1. The molecule has 0 radical (unpaired) electrons. The molecule has 0 aromatic carbocycles. The SMILES string of the molecule is COCCOCCNC(=O)CC(C)C1CCCNC1. The Labute approximate surface area is 116 Å². The van der Waals surface area contributed by atoms with Crippen LogP contribution in [0.25, 0.3) is 0 Å². The Hall–Kier alpha value is -0.650. The fourth-order valence-corrected chi connectivity index (χ4v) is 2.40. The second kappa shape index (κ2) is 10.2. The Bertz CT molecular complexity index is 243. The third-order valence-electron chi connectivity index (χ3n) is 3.65. The summed E-state index contributed by atoms with van der Waals surface area (Å²) in [5.74, 6) is 1.22. The predicted molar refractivity (Wildman–Crippen MR) is 75.1 cm³/mol. The molecule has 5 heteroatoms. The van der Waals surface area contributed by atoms with Gasteiger partial charge in [0.2, 0.25) is 5.91 Å². The van der Waals surface area contributed by atoms with Crippen molar-refractivity contribution in [1.82, 2.24) is 10.6 Å². The van der Waals surface area contributed by atoms with Crippen LogP contribution in [0.4, 0.5) is 0 Å². The molecule has 0 aromatic heterocycles. The Kier molecular flexibility index (Phi) is 8.79. The van der Waals surface area contributed by atoms with Crippen molar-refractivity contribution in [3.8, 4) is 0 Å². The van der Waals surface area contributed by atoms with Crippen LogP contribution in [0.2, 0.25) is 0 Å². The van der Waals surface area contributed by atoms with Crippen LogP contribution in [0.1, 0.15) is 26.2 Å². The lowest BCUT2D eigenvalue weighted by Gasteiger charge is -2.28. The fourth-order valence-electron chi connectivity index (χ4n) is 2.40. The van der Waals surface area contributed by atoms with E-state index < -0.39 is 0 Å². The molecule has 1 rings (SSSR count). The van der Waals surface area contributed by atoms with Gasteiger partial charge in [0, 0.05) is 20.1 Å². The van der Waals surface area contributed by atoms with Crippen molar-refractivity contribution in [2.24, 2.45) is 11.8 Å². The summed E-state index contributed by atoms with van der Waals surface area (Å²) < 4.78 is 10.2. The smallest absolute Gasteiger partial charge is 0.220 e. The van der Waals surface area contributed by atoms with Crippen molar-refractivity contribution < 1.29 is 14.3 Å². The van der Waals surface area contributed by atoms with Gasteiger partial charge in [-0.05, 0) is 37.8 Å². The number of hydrogen-bond acceptors (Lipinski definition) is 4. The molecule has 5 nitrogen and oxygen atoms in total. The Morgan fingerprint density at radius 1 is 1.42 bits per heavy atom. The van der Waals surface area contributed by atoms with Gasteiger partial charge in [0.05, 0.1) is 19.8 Å². The third-order valence-corrected chi connectivity index (χ3v) is 3.65. The van der Waals surface area contributed by atoms with Crippen molar-refractivity contribution in [3.63, 3.8) is 0 Å². The zero-order chi connectivity index (χ0) is 13.9. The van der Waals surface area contributed by atoms with Crippen molar-refractivity contribution in [2.75, 3.05) is 46.6 Å². The third kappa shape index (κ3) is 7.50. The Morgan fingerprint density at radius 3 is 2.95 bits per heavy atom. The second-order valence-electron chi connectivity index (χ2n) is 5.24. The summed E-state index contributed by atoms with van der Waals surface area (Å²) in [5, 5.41) is 6.30. The zero-order valence-electron chi connectivity index (χ0n) is 12.2. The molecule has 1 amide bonds. The molecule has 2 N–H and O–H groups in total. The quantitative estimate of drug-likeness (QED) is 0.609. The summed E-state index contributed by atoms with van der Waals surface area (Å²) in [7, 11) is 1.65. The molecule has 1 saturated heterocycles. The largest absolute Gasteiger partial charge is 0.382 e. The molecular formula is C14H28N2O3. The standard InChI is InChI=1S/C14H28N2O3/c1-12(13-4-3-5-15-11-13)10-14(17)16-6-7-19-9-8-18-2/h12-13,15H,3-11H2,1-2H3,(H,16,17). The van der Waals surface area contributed by atoms with Crippen LogP contribution >= 0.6 is 0 Å². The number of carbonyl (C=O) groups is 1. The lowest BCUT2D eigenvalue weighted by Crippen LogP contribution is -2.36. The molecule has 112 valence electrons. The van der Waals surface area contributed by atoms with Gasteiger partial charge in [-0.25, -0.2) is 0 Å². The average molecular weight is 272 g/mol. The van der Waals surface area contributed by atoms with Crippen LogP contribution in [0.15, 0.2) is 0 Å². The van der Waals surface area contributed by atoms with Gasteiger partial charge in [-0.15, -0.1) is 0 Å². The second-order valence-corrected chi connectivity index (χ2v) is 5.24. The van der Waals surface area contributed by atoms with Gasteiger partial charge in [-0.1, -0.05) is 6.92 Å². The molecule has 2 unspecified atom stereocenters. The Balaban J connectivity index is 2.02. The monoisotopic (exact) mass is 272 g/mol. The van der Waals surface area contributed by atoms with Crippen molar-refractivity contribution >= 4 is 5.91 Å². The minimum atomic E-state index is 0.133. The normalized spacial score (nSPS) is 21.1. The number of nitrogens with one attached hydrogen (secondary N) is 2. The van der Waals surface area contributed by atoms with E-state index in [1.54, 1.807) is 7.11 Å². The van der Waals surface area contributed by atoms with Gasteiger partial charge >= 0.3 is 0 Å². The Morgan fingerprint density at radius 2 is 2.26 bits per heavy atom. The van der Waals surface area contributed by atoms with Gasteiger partial charge in [0.25, 0.3) is 0 Å². The summed E-state index contributed by atoms with van der Waals surface area (Å²) in [4.78, 5) is 11.8. The molecule has 1 aliphatic rings. The minimum Gasteiger partial charge on any atom is -0.382 e. The van der Waals surface area contributed by atoms with E-state index in [1.165, 1.54) is 12.8 Å². The molecule has 0 aliphatic carbocycles. The van der Waals surface area contributed by atoms with Gasteiger partial charge < -0.3 is 20.1 Å². The van der Waals surface area contributed by atoms with E-state index >= 15 is 0 Å². The number of hydrogen-bond donors (Lipinski definition) is 2. The van der Waals surface area contributed by atoms with E-state index in [0.717, 1.165) is 13.1 Å². The van der Waals surface area contributed by atoms with Crippen LogP contribution < -0.4 is 10.6 Å². The maximum absolute atomic E-state index is 11.8.